The molecule has 2 aliphatic heterocycles. The van der Waals surface area contributed by atoms with Gasteiger partial charge in [-0.05, 0) is 62.7 Å². The molecule has 0 saturated carbocycles. The quantitative estimate of drug-likeness (QED) is 0.667. The van der Waals surface area contributed by atoms with E-state index in [0.29, 0.717) is 28.9 Å². The number of aromatic nitrogens is 2. The lowest BCUT2D eigenvalue weighted by Crippen LogP contribution is -2.42. The summed E-state index contributed by atoms with van der Waals surface area (Å²) in [4.78, 5) is 22.2. The third-order valence-electron chi connectivity index (χ3n) is 6.52. The summed E-state index contributed by atoms with van der Waals surface area (Å²) in [6, 6.07) is 10.5. The van der Waals surface area contributed by atoms with Crippen molar-refractivity contribution in [3.63, 3.8) is 0 Å². The second kappa shape index (κ2) is 7.40. The molecule has 7 heteroatoms. The van der Waals surface area contributed by atoms with Crippen molar-refractivity contribution < 1.29 is 9.13 Å². The SMILES string of the molecule is COc1ccc(-c2cc(=O)n3cc(N4C[C@H]5CCCN(C)[C@H]5C4)ccc3n2)cc1F. The van der Waals surface area contributed by atoms with Gasteiger partial charge in [0.2, 0.25) is 0 Å². The van der Waals surface area contributed by atoms with Crippen LogP contribution < -0.4 is 15.2 Å². The largest absolute Gasteiger partial charge is 0.494 e. The second-order valence-corrected chi connectivity index (χ2v) is 8.30. The number of nitrogens with zero attached hydrogens (tertiary/aromatic N) is 4. The Bertz CT molecular complexity index is 1160. The number of rotatable bonds is 3. The van der Waals surface area contributed by atoms with Crippen molar-refractivity contribution in [1.82, 2.24) is 14.3 Å². The van der Waals surface area contributed by atoms with Crippen molar-refractivity contribution >= 4 is 11.3 Å². The number of benzene rings is 1. The molecule has 1 aromatic carbocycles. The second-order valence-electron chi connectivity index (χ2n) is 8.30. The Morgan fingerprint density at radius 2 is 2.03 bits per heavy atom. The Balaban J connectivity index is 1.48. The van der Waals surface area contributed by atoms with Crippen molar-refractivity contribution in [2.75, 3.05) is 38.7 Å². The molecule has 0 bridgehead atoms. The van der Waals surface area contributed by atoms with Crippen LogP contribution in [0, 0.1) is 11.7 Å². The molecule has 0 radical (unpaired) electrons. The molecule has 0 N–H and O–H groups in total. The summed E-state index contributed by atoms with van der Waals surface area (Å²) in [5, 5.41) is 0. The van der Waals surface area contributed by atoms with Gasteiger partial charge in [0.25, 0.3) is 5.56 Å². The Morgan fingerprint density at radius 1 is 1.17 bits per heavy atom. The van der Waals surface area contributed by atoms with Gasteiger partial charge in [-0.1, -0.05) is 0 Å². The van der Waals surface area contributed by atoms with Crippen molar-refractivity contribution in [1.29, 1.82) is 0 Å². The number of likely N-dealkylation sites (tertiary alicyclic amines) is 1. The maximum Gasteiger partial charge on any atom is 0.258 e. The first-order chi connectivity index (χ1) is 14.5. The molecule has 5 rings (SSSR count). The van der Waals surface area contributed by atoms with Gasteiger partial charge in [-0.3, -0.25) is 9.20 Å². The molecule has 30 heavy (non-hydrogen) atoms. The van der Waals surface area contributed by atoms with Gasteiger partial charge in [0.05, 0.1) is 18.5 Å². The Kier molecular flexibility index (Phi) is 4.70. The molecule has 0 amide bonds. The van der Waals surface area contributed by atoms with Crippen molar-refractivity contribution in [3.8, 4) is 17.0 Å². The lowest BCUT2D eigenvalue weighted by molar-refractivity contribution is 0.158. The molecule has 0 aliphatic carbocycles. The van der Waals surface area contributed by atoms with Gasteiger partial charge in [0.1, 0.15) is 5.65 Å². The molecular formula is C23H25FN4O2. The molecule has 4 heterocycles. The third kappa shape index (κ3) is 3.23. The van der Waals surface area contributed by atoms with Gasteiger partial charge < -0.3 is 14.5 Å². The monoisotopic (exact) mass is 408 g/mol. The zero-order valence-corrected chi connectivity index (χ0v) is 17.2. The van der Waals surface area contributed by atoms with Crippen LogP contribution in [0.2, 0.25) is 0 Å². The number of ether oxygens (including phenoxy) is 1. The van der Waals surface area contributed by atoms with Crippen LogP contribution in [0.3, 0.4) is 0 Å². The van der Waals surface area contributed by atoms with E-state index >= 15 is 0 Å². The first-order valence-electron chi connectivity index (χ1n) is 10.4. The minimum absolute atomic E-state index is 0.165. The maximum atomic E-state index is 14.1. The predicted molar refractivity (Wildman–Crippen MR) is 115 cm³/mol. The first kappa shape index (κ1) is 19.1. The smallest absolute Gasteiger partial charge is 0.258 e. The molecule has 0 spiro atoms. The molecular weight excluding hydrogens is 383 g/mol. The number of hydrogen-bond donors (Lipinski definition) is 0. The maximum absolute atomic E-state index is 14.1. The van der Waals surface area contributed by atoms with Crippen LogP contribution in [-0.2, 0) is 0 Å². The first-order valence-corrected chi connectivity index (χ1v) is 10.4. The number of anilines is 1. The highest BCUT2D eigenvalue weighted by molar-refractivity contribution is 5.63. The number of piperidine rings is 1. The van der Waals surface area contributed by atoms with Gasteiger partial charge in [0, 0.05) is 37.0 Å². The van der Waals surface area contributed by atoms with E-state index < -0.39 is 5.82 Å². The molecule has 2 aromatic heterocycles. The summed E-state index contributed by atoms with van der Waals surface area (Å²) >= 11 is 0. The number of hydrogen-bond acceptors (Lipinski definition) is 5. The van der Waals surface area contributed by atoms with Crippen LogP contribution in [0.5, 0.6) is 5.75 Å². The number of likely N-dealkylation sites (N-methyl/N-ethyl adjacent to an activating group) is 1. The van der Waals surface area contributed by atoms with E-state index in [1.54, 1.807) is 16.5 Å². The average Bonchev–Trinajstić information content (AvgIpc) is 3.19. The van der Waals surface area contributed by atoms with E-state index in [1.807, 2.05) is 18.3 Å². The van der Waals surface area contributed by atoms with E-state index in [4.69, 9.17) is 4.74 Å². The van der Waals surface area contributed by atoms with Gasteiger partial charge in [-0.2, -0.15) is 0 Å². The van der Waals surface area contributed by atoms with Crippen molar-refractivity contribution in [2.24, 2.45) is 5.92 Å². The molecule has 0 unspecified atom stereocenters. The molecule has 2 aliphatic rings. The van der Waals surface area contributed by atoms with E-state index in [9.17, 15) is 9.18 Å². The fraction of sp³-hybridized carbons (Fsp3) is 0.391. The van der Waals surface area contributed by atoms with Crippen LogP contribution in [-0.4, -0.2) is 54.1 Å². The van der Waals surface area contributed by atoms with Gasteiger partial charge >= 0.3 is 0 Å². The minimum atomic E-state index is -0.479. The predicted octanol–water partition coefficient (Wildman–Crippen LogP) is 3.04. The lowest BCUT2D eigenvalue weighted by Gasteiger charge is -2.33. The standard InChI is InChI=1S/C23H25FN4O2/c1-26-9-3-4-16-12-27(14-20(16)26)17-6-8-22-25-19(11-23(29)28(22)13-17)15-5-7-21(30-2)18(24)10-15/h5-8,10-11,13,16,20H,3-4,9,12,14H2,1-2H3/t16-,20+/m1/s1. The zero-order chi connectivity index (χ0) is 20.8. The number of methoxy groups -OCH3 is 1. The molecule has 2 saturated heterocycles. The molecule has 3 aromatic rings. The summed E-state index contributed by atoms with van der Waals surface area (Å²) in [6.45, 7) is 3.16. The summed E-state index contributed by atoms with van der Waals surface area (Å²) in [5.41, 5.74) is 2.40. The fourth-order valence-corrected chi connectivity index (χ4v) is 4.87. The van der Waals surface area contributed by atoms with Crippen molar-refractivity contribution in [2.45, 2.75) is 18.9 Å². The Labute approximate surface area is 174 Å². The minimum Gasteiger partial charge on any atom is -0.494 e. The zero-order valence-electron chi connectivity index (χ0n) is 17.2. The highest BCUT2D eigenvalue weighted by atomic mass is 19.1. The van der Waals surface area contributed by atoms with Gasteiger partial charge in [0.15, 0.2) is 11.6 Å². The number of halogens is 1. The lowest BCUT2D eigenvalue weighted by atomic mass is 9.93. The Morgan fingerprint density at radius 3 is 2.80 bits per heavy atom. The van der Waals surface area contributed by atoms with Crippen LogP contribution in [0.4, 0.5) is 10.1 Å². The van der Waals surface area contributed by atoms with E-state index in [1.165, 1.54) is 32.1 Å². The van der Waals surface area contributed by atoms with Crippen LogP contribution >= 0.6 is 0 Å². The summed E-state index contributed by atoms with van der Waals surface area (Å²) in [6.07, 6.45) is 4.39. The summed E-state index contributed by atoms with van der Waals surface area (Å²) in [7, 11) is 3.63. The summed E-state index contributed by atoms with van der Waals surface area (Å²) in [5.74, 6) is 0.368. The van der Waals surface area contributed by atoms with Crippen molar-refractivity contribution in [3.05, 3.63) is 58.8 Å². The highest BCUT2D eigenvalue weighted by Crippen LogP contribution is 2.32. The topological polar surface area (TPSA) is 50.1 Å². The van der Waals surface area contributed by atoms with Crippen LogP contribution in [0.15, 0.2) is 47.4 Å². The summed E-state index contributed by atoms with van der Waals surface area (Å²) < 4.78 is 20.6. The van der Waals surface area contributed by atoms with Crippen LogP contribution in [0.1, 0.15) is 12.8 Å². The number of pyridine rings is 1. The number of fused-ring (bicyclic) bond motifs is 2. The fourth-order valence-electron chi connectivity index (χ4n) is 4.87. The molecule has 6 nitrogen and oxygen atoms in total. The molecule has 2 atom stereocenters. The third-order valence-corrected chi connectivity index (χ3v) is 6.52. The Hall–Kier alpha value is -2.93. The normalized spacial score (nSPS) is 21.8. The molecule has 2 fully saturated rings. The van der Waals surface area contributed by atoms with Crippen LogP contribution in [0.25, 0.3) is 16.9 Å². The van der Waals surface area contributed by atoms with Gasteiger partial charge in [-0.25, -0.2) is 9.37 Å². The van der Waals surface area contributed by atoms with E-state index in [-0.39, 0.29) is 11.3 Å². The van der Waals surface area contributed by atoms with E-state index in [0.717, 1.165) is 25.3 Å². The van der Waals surface area contributed by atoms with E-state index in [2.05, 4.69) is 21.8 Å². The average molecular weight is 408 g/mol. The highest BCUT2D eigenvalue weighted by Gasteiger charge is 2.37. The van der Waals surface area contributed by atoms with Gasteiger partial charge in [-0.15, -0.1) is 0 Å². The molecule has 156 valence electrons.